The van der Waals surface area contributed by atoms with Crippen molar-refractivity contribution in [2.75, 3.05) is 0 Å². The van der Waals surface area contributed by atoms with Gasteiger partial charge in [0.25, 0.3) is 0 Å². The molecule has 0 N–H and O–H groups in total. The zero-order chi connectivity index (χ0) is 21.3. The number of hydrogen-bond donors (Lipinski definition) is 0. The molecule has 0 aliphatic heterocycles. The Kier molecular flexibility index (Phi) is 25.5. The van der Waals surface area contributed by atoms with E-state index in [2.05, 4.69) is 32.9 Å². The maximum atomic E-state index is 3.94. The highest BCUT2D eigenvalue weighted by Crippen LogP contribution is 2.21. The maximum absolute atomic E-state index is 3.94. The van der Waals surface area contributed by atoms with Gasteiger partial charge in [-0.2, -0.15) is 0 Å². The third kappa shape index (κ3) is 23.9. The van der Waals surface area contributed by atoms with Crippen molar-refractivity contribution in [1.82, 2.24) is 0 Å². The van der Waals surface area contributed by atoms with Crippen LogP contribution in [0.4, 0.5) is 0 Å². The van der Waals surface area contributed by atoms with Gasteiger partial charge >= 0.3 is 0 Å². The molecule has 0 aromatic heterocycles. The van der Waals surface area contributed by atoms with E-state index >= 15 is 0 Å². The van der Waals surface area contributed by atoms with Gasteiger partial charge in [0, 0.05) is 0 Å². The van der Waals surface area contributed by atoms with Crippen molar-refractivity contribution in [2.45, 2.75) is 155 Å². The van der Waals surface area contributed by atoms with Crippen LogP contribution in [0.1, 0.15) is 155 Å². The largest absolute Gasteiger partial charge is 0.0885 e. The molecule has 0 heteroatoms. The lowest BCUT2D eigenvalue weighted by molar-refractivity contribution is 0.393. The summed E-state index contributed by atoms with van der Waals surface area (Å²) in [5.74, 6) is 0.998. The quantitative estimate of drug-likeness (QED) is 0.111. The van der Waals surface area contributed by atoms with Crippen molar-refractivity contribution in [3.05, 3.63) is 26.0 Å². The minimum absolute atomic E-state index is 0.998. The Hall–Kier alpha value is -0.260. The average Bonchev–Trinajstić information content (AvgIpc) is 2.74. The second-order valence-electron chi connectivity index (χ2n) is 9.26. The molecule has 0 fully saturated rings. The number of rotatable bonds is 24. The maximum Gasteiger partial charge on any atom is -0.0351 e. The highest BCUT2D eigenvalue weighted by atomic mass is 14.1. The van der Waals surface area contributed by atoms with Gasteiger partial charge in [0.15, 0.2) is 0 Å². The van der Waals surface area contributed by atoms with Crippen molar-refractivity contribution in [2.24, 2.45) is 5.92 Å². The number of unbranched alkanes of at least 4 members (excludes halogenated alkanes) is 17. The predicted octanol–water partition coefficient (Wildman–Crippen LogP) is 10.8. The molecule has 0 spiro atoms. The van der Waals surface area contributed by atoms with Crippen LogP contribution >= 0.6 is 0 Å². The van der Waals surface area contributed by atoms with E-state index in [9.17, 15) is 0 Å². The normalized spacial score (nSPS) is 12.8. The molecule has 0 saturated heterocycles. The molecule has 0 bridgehead atoms. The second-order valence-corrected chi connectivity index (χ2v) is 9.26. The van der Waals surface area contributed by atoms with Gasteiger partial charge in [-0.05, 0) is 31.6 Å². The van der Waals surface area contributed by atoms with Crippen LogP contribution in [-0.2, 0) is 0 Å². The lowest BCUT2D eigenvalue weighted by atomic mass is 9.92. The lowest BCUT2D eigenvalue weighted by Gasteiger charge is -2.14. The highest BCUT2D eigenvalue weighted by molar-refractivity contribution is 4.81. The first-order valence-electron chi connectivity index (χ1n) is 13.6. The molecule has 0 nitrogen and oxygen atoms in total. The molecule has 29 heavy (non-hydrogen) atoms. The Morgan fingerprint density at radius 3 is 1.28 bits per heavy atom. The topological polar surface area (TPSA) is 0 Å². The van der Waals surface area contributed by atoms with Crippen LogP contribution in [0.2, 0.25) is 0 Å². The van der Waals surface area contributed by atoms with Crippen LogP contribution in [0.15, 0.2) is 12.2 Å². The third-order valence-corrected chi connectivity index (χ3v) is 6.46. The summed E-state index contributed by atoms with van der Waals surface area (Å²) in [6.07, 6.45) is 36.6. The molecule has 0 aromatic carbocycles. The van der Waals surface area contributed by atoms with Gasteiger partial charge in [0.1, 0.15) is 0 Å². The number of allylic oxidation sites excluding steroid dienone is 2. The average molecular weight is 405 g/mol. The summed E-state index contributed by atoms with van der Waals surface area (Å²) < 4.78 is 0. The first-order valence-corrected chi connectivity index (χ1v) is 13.6. The molecule has 0 aliphatic carbocycles. The van der Waals surface area contributed by atoms with Crippen molar-refractivity contribution in [3.8, 4) is 0 Å². The van der Waals surface area contributed by atoms with Gasteiger partial charge in [-0.25, -0.2) is 0 Å². The molecular weight excluding hydrogens is 348 g/mol. The Bertz CT molecular complexity index is 303. The standard InChI is InChI=1S/C29H56/c1-4-7-9-11-12-13-14-15-16-17-18-19-20-21-22-24-26-28-29(6-3)27-25-23-10-8-5-2/h12-13,29H,1-2,4-11,14-28H2,3H3. The summed E-state index contributed by atoms with van der Waals surface area (Å²) in [5.41, 5.74) is 0. The van der Waals surface area contributed by atoms with E-state index < -0.39 is 0 Å². The van der Waals surface area contributed by atoms with Gasteiger partial charge < -0.3 is 0 Å². The van der Waals surface area contributed by atoms with E-state index in [-0.39, 0.29) is 0 Å². The molecule has 1 atom stereocenters. The highest BCUT2D eigenvalue weighted by Gasteiger charge is 2.05. The molecule has 0 amide bonds. The number of hydrogen-bond acceptors (Lipinski definition) is 0. The molecular formula is C29H56. The Morgan fingerprint density at radius 1 is 0.483 bits per heavy atom. The van der Waals surface area contributed by atoms with E-state index in [0.29, 0.717) is 0 Å². The zero-order valence-electron chi connectivity index (χ0n) is 20.4. The van der Waals surface area contributed by atoms with Crippen LogP contribution in [0.3, 0.4) is 0 Å². The Morgan fingerprint density at radius 2 is 0.828 bits per heavy atom. The minimum atomic E-state index is 0.998. The Labute approximate surface area is 186 Å². The van der Waals surface area contributed by atoms with Gasteiger partial charge in [0.2, 0.25) is 0 Å². The van der Waals surface area contributed by atoms with E-state index in [0.717, 1.165) is 18.8 Å². The summed E-state index contributed by atoms with van der Waals surface area (Å²) in [7, 11) is 0. The van der Waals surface area contributed by atoms with Crippen LogP contribution in [0.5, 0.6) is 0 Å². The summed E-state index contributed by atoms with van der Waals surface area (Å²) in [6.45, 7) is 10.2. The van der Waals surface area contributed by atoms with Crippen LogP contribution < -0.4 is 0 Å². The van der Waals surface area contributed by atoms with Gasteiger partial charge in [-0.3, -0.25) is 0 Å². The first-order chi connectivity index (χ1) is 14.3. The summed E-state index contributed by atoms with van der Waals surface area (Å²) in [5, 5.41) is 0. The van der Waals surface area contributed by atoms with Crippen LogP contribution in [0.25, 0.3) is 0 Å². The molecule has 0 saturated carbocycles. The van der Waals surface area contributed by atoms with E-state index in [1.165, 1.54) is 135 Å². The van der Waals surface area contributed by atoms with Crippen molar-refractivity contribution in [1.29, 1.82) is 0 Å². The van der Waals surface area contributed by atoms with Crippen LogP contribution in [0, 0.1) is 19.8 Å². The monoisotopic (exact) mass is 404 g/mol. The van der Waals surface area contributed by atoms with E-state index in [4.69, 9.17) is 0 Å². The van der Waals surface area contributed by atoms with Crippen molar-refractivity contribution < 1.29 is 0 Å². The van der Waals surface area contributed by atoms with Crippen molar-refractivity contribution in [3.63, 3.8) is 0 Å². The molecule has 172 valence electrons. The first kappa shape index (κ1) is 28.7. The fourth-order valence-corrected chi connectivity index (χ4v) is 4.30. The van der Waals surface area contributed by atoms with Crippen LogP contribution in [-0.4, -0.2) is 0 Å². The smallest absolute Gasteiger partial charge is 0.0351 e. The molecule has 0 aromatic rings. The van der Waals surface area contributed by atoms with Crippen molar-refractivity contribution >= 4 is 0 Å². The SMILES string of the molecule is [CH2]CCCCC=CCCCCCCCCCCCCC(CC)CCCCCC[CH2]. The summed E-state index contributed by atoms with van der Waals surface area (Å²) >= 11 is 0. The van der Waals surface area contributed by atoms with E-state index in [1.807, 2.05) is 0 Å². The molecule has 0 heterocycles. The summed E-state index contributed by atoms with van der Waals surface area (Å²) in [6, 6.07) is 0. The van der Waals surface area contributed by atoms with E-state index in [1.54, 1.807) is 0 Å². The third-order valence-electron chi connectivity index (χ3n) is 6.46. The Balaban J connectivity index is 3.24. The molecule has 0 rings (SSSR count). The fraction of sp³-hybridized carbons (Fsp3) is 0.862. The molecule has 1 unspecified atom stereocenters. The van der Waals surface area contributed by atoms with Gasteiger partial charge in [-0.1, -0.05) is 155 Å². The fourth-order valence-electron chi connectivity index (χ4n) is 4.30. The predicted molar refractivity (Wildman–Crippen MR) is 135 cm³/mol. The lowest BCUT2D eigenvalue weighted by Crippen LogP contribution is -1.99. The second kappa shape index (κ2) is 25.8. The van der Waals surface area contributed by atoms with Gasteiger partial charge in [-0.15, -0.1) is 0 Å². The van der Waals surface area contributed by atoms with Gasteiger partial charge in [0.05, 0.1) is 0 Å². The molecule has 0 aliphatic rings. The zero-order valence-corrected chi connectivity index (χ0v) is 20.4. The minimum Gasteiger partial charge on any atom is -0.0885 e. The summed E-state index contributed by atoms with van der Waals surface area (Å²) in [4.78, 5) is 0. The molecule has 2 radical (unpaired) electrons.